The van der Waals surface area contributed by atoms with Gasteiger partial charge in [-0.2, -0.15) is 0 Å². The first kappa shape index (κ1) is 16.9. The van der Waals surface area contributed by atoms with Gasteiger partial charge >= 0.3 is 0 Å². The van der Waals surface area contributed by atoms with Gasteiger partial charge in [-0.1, -0.05) is 18.2 Å². The van der Waals surface area contributed by atoms with Crippen LogP contribution >= 0.6 is 0 Å². The summed E-state index contributed by atoms with van der Waals surface area (Å²) >= 11 is 0. The van der Waals surface area contributed by atoms with Gasteiger partial charge in [-0.05, 0) is 37.8 Å². The third kappa shape index (κ3) is 3.02. The molecule has 7 heteroatoms. The number of pyridine rings is 1. The quantitative estimate of drug-likeness (QED) is 0.566. The summed E-state index contributed by atoms with van der Waals surface area (Å²) in [4.78, 5) is 23.5. The second kappa shape index (κ2) is 7.07. The van der Waals surface area contributed by atoms with E-state index >= 15 is 0 Å². The van der Waals surface area contributed by atoms with Crippen LogP contribution in [0.2, 0.25) is 0 Å². The Balaban J connectivity index is 1.54. The van der Waals surface area contributed by atoms with Gasteiger partial charge in [-0.15, -0.1) is 0 Å². The molecular weight excluding hydrogens is 350 g/mol. The third-order valence-corrected chi connectivity index (χ3v) is 5.42. The Morgan fingerprint density at radius 1 is 1.07 bits per heavy atom. The Bertz CT molecular complexity index is 1130. The second-order valence-corrected chi connectivity index (χ2v) is 7.34. The Morgan fingerprint density at radius 2 is 1.96 bits per heavy atom. The summed E-state index contributed by atoms with van der Waals surface area (Å²) in [6, 6.07) is 8.61. The molecule has 0 atom stereocenters. The highest BCUT2D eigenvalue weighted by Crippen LogP contribution is 2.28. The predicted molar refractivity (Wildman–Crippen MR) is 112 cm³/mol. The predicted octanol–water partition coefficient (Wildman–Crippen LogP) is 3.81. The van der Waals surface area contributed by atoms with E-state index in [0.29, 0.717) is 6.54 Å². The largest absolute Gasteiger partial charge is 0.364 e. The number of hydrogen-bond donors (Lipinski definition) is 2. The molecule has 3 aromatic heterocycles. The molecule has 1 aliphatic rings. The maximum absolute atomic E-state index is 5.09. The minimum absolute atomic E-state index is 0.641. The van der Waals surface area contributed by atoms with E-state index in [1.165, 1.54) is 35.8 Å². The van der Waals surface area contributed by atoms with Crippen LogP contribution in [0.1, 0.15) is 30.4 Å². The third-order valence-electron chi connectivity index (χ3n) is 5.42. The van der Waals surface area contributed by atoms with Crippen molar-refractivity contribution in [3.8, 4) is 0 Å². The van der Waals surface area contributed by atoms with Crippen molar-refractivity contribution in [3.63, 3.8) is 0 Å². The highest BCUT2D eigenvalue weighted by molar-refractivity contribution is 5.85. The second-order valence-electron chi connectivity index (χ2n) is 7.34. The molecule has 7 nitrogen and oxygen atoms in total. The number of rotatable bonds is 4. The van der Waals surface area contributed by atoms with Crippen LogP contribution in [0, 0.1) is 6.92 Å². The van der Waals surface area contributed by atoms with E-state index in [2.05, 4.69) is 61.3 Å². The maximum Gasteiger partial charge on any atom is 0.162 e. The number of H-pyrrole nitrogens is 1. The Kier molecular flexibility index (Phi) is 4.27. The normalized spacial score (nSPS) is 14.7. The van der Waals surface area contributed by atoms with Crippen LogP contribution < -0.4 is 10.2 Å². The lowest BCUT2D eigenvalue weighted by atomic mass is 10.1. The van der Waals surface area contributed by atoms with Crippen molar-refractivity contribution in [1.82, 2.24) is 24.9 Å². The minimum atomic E-state index is 0.641. The van der Waals surface area contributed by atoms with Gasteiger partial charge in [0, 0.05) is 30.6 Å². The van der Waals surface area contributed by atoms with Crippen molar-refractivity contribution in [2.75, 3.05) is 23.3 Å². The number of benzene rings is 1. The Morgan fingerprint density at radius 3 is 2.86 bits per heavy atom. The highest BCUT2D eigenvalue weighted by Gasteiger charge is 2.18. The van der Waals surface area contributed by atoms with Crippen LogP contribution in [-0.2, 0) is 6.54 Å². The molecule has 0 saturated carbocycles. The molecule has 0 bridgehead atoms. The van der Waals surface area contributed by atoms with E-state index in [1.54, 1.807) is 12.7 Å². The molecule has 28 heavy (non-hydrogen) atoms. The molecule has 1 fully saturated rings. The molecule has 0 radical (unpaired) electrons. The van der Waals surface area contributed by atoms with E-state index in [1.807, 2.05) is 0 Å². The number of nitrogens with one attached hydrogen (secondary N) is 2. The molecule has 0 aliphatic carbocycles. The van der Waals surface area contributed by atoms with Crippen molar-refractivity contribution < 1.29 is 0 Å². The fourth-order valence-corrected chi connectivity index (χ4v) is 3.96. The molecule has 4 heterocycles. The van der Waals surface area contributed by atoms with Gasteiger partial charge in [0.2, 0.25) is 0 Å². The van der Waals surface area contributed by atoms with E-state index in [0.717, 1.165) is 41.4 Å². The van der Waals surface area contributed by atoms with Gasteiger partial charge in [0.15, 0.2) is 11.5 Å². The molecule has 142 valence electrons. The van der Waals surface area contributed by atoms with Crippen LogP contribution in [0.5, 0.6) is 0 Å². The Labute approximate surface area is 163 Å². The van der Waals surface area contributed by atoms with Crippen LogP contribution in [0.25, 0.3) is 22.1 Å². The first-order valence-corrected chi connectivity index (χ1v) is 9.82. The summed E-state index contributed by atoms with van der Waals surface area (Å²) in [5, 5.41) is 4.62. The first-order valence-electron chi connectivity index (χ1n) is 9.82. The fourth-order valence-electron chi connectivity index (χ4n) is 3.96. The lowest BCUT2D eigenvalue weighted by Crippen LogP contribution is -2.31. The lowest BCUT2D eigenvalue weighted by Gasteiger charge is -2.30. The van der Waals surface area contributed by atoms with Gasteiger partial charge in [-0.3, -0.25) is 0 Å². The summed E-state index contributed by atoms with van der Waals surface area (Å²) in [6.07, 6.45) is 6.94. The van der Waals surface area contributed by atoms with Crippen LogP contribution in [0.15, 0.2) is 36.9 Å². The summed E-state index contributed by atoms with van der Waals surface area (Å²) < 4.78 is 0. The van der Waals surface area contributed by atoms with Crippen LogP contribution in [-0.4, -0.2) is 38.0 Å². The molecule has 0 amide bonds. The van der Waals surface area contributed by atoms with Crippen LogP contribution in [0.3, 0.4) is 0 Å². The van der Waals surface area contributed by atoms with E-state index in [-0.39, 0.29) is 0 Å². The fraction of sp³-hybridized carbons (Fsp3) is 0.333. The summed E-state index contributed by atoms with van der Waals surface area (Å²) in [5.74, 6) is 1.82. The number of aromatic amines is 1. The summed E-state index contributed by atoms with van der Waals surface area (Å²) in [6.45, 7) is 4.90. The standard InChI is InChI=1S/C21H23N7/c1-14-6-5-7-15-10-16(21(27-17(14)15)28-8-3-2-4-9-28)11-22-19-18-20(24-12-23-18)26-13-25-19/h5-7,10,12-13H,2-4,8-9,11H2,1H3,(H2,22,23,24,25,26). The zero-order chi connectivity index (χ0) is 18.9. The molecule has 1 aromatic carbocycles. The zero-order valence-electron chi connectivity index (χ0n) is 15.9. The van der Waals surface area contributed by atoms with Crippen molar-refractivity contribution in [2.24, 2.45) is 0 Å². The highest BCUT2D eigenvalue weighted by atomic mass is 15.2. The van der Waals surface area contributed by atoms with Crippen molar-refractivity contribution in [1.29, 1.82) is 0 Å². The topological polar surface area (TPSA) is 82.6 Å². The van der Waals surface area contributed by atoms with E-state index < -0.39 is 0 Å². The number of anilines is 2. The van der Waals surface area contributed by atoms with Crippen molar-refractivity contribution >= 4 is 33.7 Å². The van der Waals surface area contributed by atoms with Gasteiger partial charge in [0.1, 0.15) is 17.7 Å². The average Bonchev–Trinajstić information content (AvgIpc) is 3.22. The number of hydrogen-bond acceptors (Lipinski definition) is 6. The monoisotopic (exact) mass is 373 g/mol. The number of aromatic nitrogens is 5. The number of aryl methyl sites for hydroxylation is 1. The van der Waals surface area contributed by atoms with Crippen molar-refractivity contribution in [3.05, 3.63) is 48.0 Å². The number of piperidine rings is 1. The van der Waals surface area contributed by atoms with E-state index in [9.17, 15) is 0 Å². The number of fused-ring (bicyclic) bond motifs is 2. The molecule has 5 rings (SSSR count). The van der Waals surface area contributed by atoms with E-state index in [4.69, 9.17) is 4.98 Å². The molecule has 1 aliphatic heterocycles. The minimum Gasteiger partial charge on any atom is -0.364 e. The number of para-hydroxylation sites is 1. The average molecular weight is 373 g/mol. The summed E-state index contributed by atoms with van der Waals surface area (Å²) in [7, 11) is 0. The Hall–Kier alpha value is -3.22. The lowest BCUT2D eigenvalue weighted by molar-refractivity contribution is 0.572. The molecule has 2 N–H and O–H groups in total. The number of imidazole rings is 1. The summed E-state index contributed by atoms with van der Waals surface area (Å²) in [5.41, 5.74) is 4.97. The van der Waals surface area contributed by atoms with Gasteiger partial charge in [-0.25, -0.2) is 19.9 Å². The number of nitrogens with zero attached hydrogens (tertiary/aromatic N) is 5. The van der Waals surface area contributed by atoms with Gasteiger partial charge in [0.05, 0.1) is 11.8 Å². The SMILES string of the molecule is Cc1cccc2cc(CNc3ncnc4[nH]cnc34)c(N3CCCCC3)nc12. The van der Waals surface area contributed by atoms with Crippen LogP contribution in [0.4, 0.5) is 11.6 Å². The molecule has 0 unspecified atom stereocenters. The molecule has 0 spiro atoms. The zero-order valence-corrected chi connectivity index (χ0v) is 15.9. The molecular formula is C21H23N7. The molecule has 4 aromatic rings. The first-order chi connectivity index (χ1) is 13.8. The smallest absolute Gasteiger partial charge is 0.162 e. The van der Waals surface area contributed by atoms with Crippen molar-refractivity contribution in [2.45, 2.75) is 32.7 Å². The molecule has 1 saturated heterocycles. The van der Waals surface area contributed by atoms with Gasteiger partial charge < -0.3 is 15.2 Å². The maximum atomic E-state index is 5.09. The van der Waals surface area contributed by atoms with Gasteiger partial charge in [0.25, 0.3) is 0 Å².